The van der Waals surface area contributed by atoms with Crippen molar-refractivity contribution in [3.05, 3.63) is 36.8 Å². The van der Waals surface area contributed by atoms with Gasteiger partial charge in [0, 0.05) is 43.8 Å². The molecule has 9 nitrogen and oxygen atoms in total. The Morgan fingerprint density at radius 2 is 2.10 bits per heavy atom. The highest BCUT2D eigenvalue weighted by molar-refractivity contribution is 7.80. The molecule has 1 fully saturated rings. The Bertz CT molecular complexity index is 857. The third kappa shape index (κ3) is 5.50. The molecule has 3 rings (SSSR count). The zero-order valence-corrected chi connectivity index (χ0v) is 17.1. The highest BCUT2D eigenvalue weighted by atomic mass is 32.1. The summed E-state index contributed by atoms with van der Waals surface area (Å²) >= 11 is 5.40. The first-order valence-corrected chi connectivity index (χ1v) is 9.94. The highest BCUT2D eigenvalue weighted by Gasteiger charge is 2.28. The molecule has 0 unspecified atom stereocenters. The van der Waals surface area contributed by atoms with Gasteiger partial charge in [-0.3, -0.25) is 29.3 Å². The van der Waals surface area contributed by atoms with Crippen LogP contribution in [0.3, 0.4) is 0 Å². The second-order valence-electron chi connectivity index (χ2n) is 6.42. The Morgan fingerprint density at radius 3 is 2.86 bits per heavy atom. The van der Waals surface area contributed by atoms with Crippen LogP contribution in [0, 0.1) is 0 Å². The molecule has 3 heterocycles. The third-order valence-electron chi connectivity index (χ3n) is 4.36. The number of nitrogens with one attached hydrogen (secondary N) is 1. The van der Waals surface area contributed by atoms with Gasteiger partial charge in [0.2, 0.25) is 0 Å². The summed E-state index contributed by atoms with van der Waals surface area (Å²) in [5, 5.41) is 11.3. The molecule has 0 radical (unpaired) electrons. The standard InChI is InChI=1S/C19H24N6O3S/c1-2-28-18(27)6-9-21-19(29)25-11-4-10-24(25)17(26)14-23-12-7-16(22-23)15-5-3-8-20-13-15/h3,5,7-8,12-13H,2,4,6,9-11,14H2,1H3,(H,21,29). The van der Waals surface area contributed by atoms with Gasteiger partial charge in [0.15, 0.2) is 5.11 Å². The zero-order valence-electron chi connectivity index (χ0n) is 16.3. The average Bonchev–Trinajstić information content (AvgIpc) is 3.38. The number of aromatic nitrogens is 3. The molecular formula is C19H24N6O3S. The molecule has 1 aliphatic rings. The quantitative estimate of drug-likeness (QED) is 0.532. The molecule has 1 N–H and O–H groups in total. The number of hydrazine groups is 1. The summed E-state index contributed by atoms with van der Waals surface area (Å²) in [5.74, 6) is -0.377. The van der Waals surface area contributed by atoms with Crippen molar-refractivity contribution < 1.29 is 14.3 Å². The second-order valence-corrected chi connectivity index (χ2v) is 6.81. The number of hydrogen-bond donors (Lipinski definition) is 1. The van der Waals surface area contributed by atoms with E-state index in [-0.39, 0.29) is 24.8 Å². The number of hydrogen-bond acceptors (Lipinski definition) is 6. The predicted molar refractivity (Wildman–Crippen MR) is 110 cm³/mol. The Labute approximate surface area is 174 Å². The van der Waals surface area contributed by atoms with Crippen LogP contribution >= 0.6 is 12.2 Å². The summed E-state index contributed by atoms with van der Waals surface area (Å²) in [7, 11) is 0. The number of amides is 1. The van der Waals surface area contributed by atoms with E-state index in [2.05, 4.69) is 15.4 Å². The average molecular weight is 417 g/mol. The second kappa shape index (κ2) is 9.97. The molecule has 0 aromatic carbocycles. The molecule has 0 aliphatic carbocycles. The maximum atomic E-state index is 12.8. The number of nitrogens with zero attached hydrogens (tertiary/aromatic N) is 5. The summed E-state index contributed by atoms with van der Waals surface area (Å²) in [6, 6.07) is 5.62. The van der Waals surface area contributed by atoms with Crippen LogP contribution in [0.4, 0.5) is 0 Å². The number of pyridine rings is 1. The molecule has 2 aromatic heterocycles. The van der Waals surface area contributed by atoms with E-state index >= 15 is 0 Å². The first-order chi connectivity index (χ1) is 14.1. The molecule has 0 saturated carbocycles. The number of carbonyl (C=O) groups is 2. The minimum atomic E-state index is -0.278. The van der Waals surface area contributed by atoms with E-state index in [1.807, 2.05) is 18.2 Å². The van der Waals surface area contributed by atoms with Crippen molar-refractivity contribution in [2.24, 2.45) is 0 Å². The maximum absolute atomic E-state index is 12.8. The van der Waals surface area contributed by atoms with Gasteiger partial charge in [-0.2, -0.15) is 5.10 Å². The van der Waals surface area contributed by atoms with Gasteiger partial charge in [0.25, 0.3) is 5.91 Å². The molecule has 1 amide bonds. The lowest BCUT2D eigenvalue weighted by Crippen LogP contribution is -2.50. The number of carbonyl (C=O) groups excluding carboxylic acids is 2. The molecule has 1 saturated heterocycles. The smallest absolute Gasteiger partial charge is 0.307 e. The molecule has 10 heteroatoms. The van der Waals surface area contributed by atoms with E-state index in [1.54, 1.807) is 40.2 Å². The van der Waals surface area contributed by atoms with Crippen molar-refractivity contribution in [1.29, 1.82) is 0 Å². The van der Waals surface area contributed by atoms with Crippen LogP contribution in [0.5, 0.6) is 0 Å². The Kier molecular flexibility index (Phi) is 7.12. The van der Waals surface area contributed by atoms with Crippen LogP contribution in [-0.2, 0) is 20.9 Å². The minimum absolute atomic E-state index is 0.0992. The van der Waals surface area contributed by atoms with E-state index in [4.69, 9.17) is 17.0 Å². The molecule has 0 spiro atoms. The van der Waals surface area contributed by atoms with E-state index in [1.165, 1.54) is 0 Å². The van der Waals surface area contributed by atoms with Gasteiger partial charge in [-0.1, -0.05) is 0 Å². The van der Waals surface area contributed by atoms with Gasteiger partial charge < -0.3 is 10.1 Å². The van der Waals surface area contributed by atoms with Crippen LogP contribution in [0.2, 0.25) is 0 Å². The summed E-state index contributed by atoms with van der Waals surface area (Å²) in [5.41, 5.74) is 1.66. The Hall–Kier alpha value is -3.01. The molecule has 0 bridgehead atoms. The number of esters is 1. The Morgan fingerprint density at radius 1 is 1.28 bits per heavy atom. The van der Waals surface area contributed by atoms with Crippen LogP contribution < -0.4 is 5.32 Å². The van der Waals surface area contributed by atoms with Crippen molar-refractivity contribution in [1.82, 2.24) is 30.1 Å². The summed E-state index contributed by atoms with van der Waals surface area (Å²) in [4.78, 5) is 28.3. The molecule has 1 aliphatic heterocycles. The largest absolute Gasteiger partial charge is 0.466 e. The van der Waals surface area contributed by atoms with E-state index in [0.717, 1.165) is 17.7 Å². The van der Waals surface area contributed by atoms with Gasteiger partial charge >= 0.3 is 5.97 Å². The lowest BCUT2D eigenvalue weighted by atomic mass is 10.2. The lowest BCUT2D eigenvalue weighted by molar-refractivity contribution is -0.143. The SMILES string of the molecule is CCOC(=O)CCNC(=S)N1CCCN1C(=O)Cn1ccc(-c2cccnc2)n1. The summed E-state index contributed by atoms with van der Waals surface area (Å²) < 4.78 is 6.50. The van der Waals surface area contributed by atoms with E-state index in [0.29, 0.717) is 31.4 Å². The highest BCUT2D eigenvalue weighted by Crippen LogP contribution is 2.16. The van der Waals surface area contributed by atoms with E-state index in [9.17, 15) is 9.59 Å². The first kappa shape index (κ1) is 20.7. The molecule has 2 aromatic rings. The monoisotopic (exact) mass is 416 g/mol. The van der Waals surface area contributed by atoms with Gasteiger partial charge in [-0.15, -0.1) is 0 Å². The number of ether oxygens (including phenoxy) is 1. The fourth-order valence-electron chi connectivity index (χ4n) is 3.02. The van der Waals surface area contributed by atoms with Crippen LogP contribution in [0.15, 0.2) is 36.8 Å². The molecular weight excluding hydrogens is 392 g/mol. The van der Waals surface area contributed by atoms with Crippen molar-refractivity contribution >= 4 is 29.2 Å². The van der Waals surface area contributed by atoms with Gasteiger partial charge in [-0.25, -0.2) is 0 Å². The van der Waals surface area contributed by atoms with Crippen molar-refractivity contribution in [2.45, 2.75) is 26.3 Å². The van der Waals surface area contributed by atoms with Gasteiger partial charge in [0.05, 0.1) is 18.7 Å². The van der Waals surface area contributed by atoms with Gasteiger partial charge in [0.1, 0.15) is 6.54 Å². The van der Waals surface area contributed by atoms with Crippen LogP contribution in [-0.4, -0.2) is 68.0 Å². The lowest BCUT2D eigenvalue weighted by Gasteiger charge is -2.30. The minimum Gasteiger partial charge on any atom is -0.466 e. The fraction of sp³-hybridized carbons (Fsp3) is 0.421. The van der Waals surface area contributed by atoms with E-state index < -0.39 is 0 Å². The van der Waals surface area contributed by atoms with Crippen molar-refractivity contribution in [3.8, 4) is 11.3 Å². The maximum Gasteiger partial charge on any atom is 0.307 e. The van der Waals surface area contributed by atoms with Gasteiger partial charge in [-0.05, 0) is 43.8 Å². The molecule has 0 atom stereocenters. The predicted octanol–water partition coefficient (Wildman–Crippen LogP) is 1.22. The van der Waals surface area contributed by atoms with Crippen molar-refractivity contribution in [2.75, 3.05) is 26.2 Å². The third-order valence-corrected chi connectivity index (χ3v) is 4.71. The summed E-state index contributed by atoms with van der Waals surface area (Å²) in [6.07, 6.45) is 6.26. The number of thiocarbonyl (C=S) groups is 1. The first-order valence-electron chi connectivity index (χ1n) is 9.53. The van der Waals surface area contributed by atoms with Crippen LogP contribution in [0.25, 0.3) is 11.3 Å². The number of rotatable bonds is 7. The normalized spacial score (nSPS) is 13.4. The zero-order chi connectivity index (χ0) is 20.6. The molecule has 154 valence electrons. The molecule has 29 heavy (non-hydrogen) atoms. The summed E-state index contributed by atoms with van der Waals surface area (Å²) in [6.45, 7) is 3.84. The van der Waals surface area contributed by atoms with Crippen molar-refractivity contribution in [3.63, 3.8) is 0 Å². The fourth-order valence-corrected chi connectivity index (χ4v) is 3.31. The Balaban J connectivity index is 1.54. The topological polar surface area (TPSA) is 92.6 Å². The van der Waals surface area contributed by atoms with Crippen LogP contribution in [0.1, 0.15) is 19.8 Å².